The van der Waals surface area contributed by atoms with Crippen LogP contribution in [0.4, 0.5) is 0 Å². The average molecular weight is 759 g/mol. The number of alkyl halides is 6. The second-order valence-electron chi connectivity index (χ2n) is 4.37. The third-order valence-corrected chi connectivity index (χ3v) is 13.4. The van der Waals surface area contributed by atoms with Crippen LogP contribution in [0.3, 0.4) is 0 Å². The van der Waals surface area contributed by atoms with Crippen molar-refractivity contribution in [2.24, 2.45) is 0 Å². The Hall–Kier alpha value is 1.41. The van der Waals surface area contributed by atoms with Crippen LogP contribution in [-0.2, 0) is 19.7 Å². The van der Waals surface area contributed by atoms with Crippen LogP contribution in [0.15, 0.2) is 40.3 Å². The van der Waals surface area contributed by atoms with E-state index in [1.165, 1.54) is 6.07 Å². The standard InChI is InChI=1S/C11H5Br6NO4S2/c12-10(13,14)23(19,20)8-5-9(24(21,22)11(15,16)17)18-7-4-2-1-3-6(7)8/h1-5H. The van der Waals surface area contributed by atoms with E-state index in [1.807, 2.05) is 0 Å². The molecule has 13 heteroatoms. The molecule has 0 fully saturated rings. The number of para-hydroxylation sites is 1. The Morgan fingerprint density at radius 1 is 0.792 bits per heavy atom. The average Bonchev–Trinajstić information content (AvgIpc) is 2.43. The Kier molecular flexibility index (Phi) is 6.42. The van der Waals surface area contributed by atoms with Gasteiger partial charge in [0, 0.05) is 5.39 Å². The molecule has 5 nitrogen and oxygen atoms in total. The van der Waals surface area contributed by atoms with Gasteiger partial charge in [0.1, 0.15) is 0 Å². The van der Waals surface area contributed by atoms with E-state index in [0.29, 0.717) is 5.39 Å². The molecule has 0 saturated carbocycles. The fourth-order valence-corrected chi connectivity index (χ4v) is 6.57. The fourth-order valence-electron chi connectivity index (χ4n) is 1.72. The number of hydrogen-bond acceptors (Lipinski definition) is 5. The number of nitrogens with zero attached hydrogens (tertiary/aromatic N) is 1. The summed E-state index contributed by atoms with van der Waals surface area (Å²) in [6.45, 7) is 0. The van der Waals surface area contributed by atoms with E-state index in [4.69, 9.17) is 0 Å². The van der Waals surface area contributed by atoms with Crippen molar-refractivity contribution < 1.29 is 16.8 Å². The number of benzene rings is 1. The van der Waals surface area contributed by atoms with Crippen molar-refractivity contribution in [1.29, 1.82) is 0 Å². The van der Waals surface area contributed by atoms with Crippen LogP contribution < -0.4 is 0 Å². The summed E-state index contributed by atoms with van der Waals surface area (Å²) >= 11 is 17.8. The van der Waals surface area contributed by atoms with Gasteiger partial charge in [-0.1, -0.05) is 18.2 Å². The van der Waals surface area contributed by atoms with Crippen molar-refractivity contribution >= 4 is 126 Å². The number of aromatic nitrogens is 1. The molecule has 0 saturated heterocycles. The molecule has 1 heterocycles. The zero-order valence-electron chi connectivity index (χ0n) is 11.1. The van der Waals surface area contributed by atoms with Gasteiger partial charge >= 0.3 is 0 Å². The smallest absolute Gasteiger partial charge is 0.236 e. The molecule has 1 aromatic carbocycles. The fraction of sp³-hybridized carbons (Fsp3) is 0.182. The number of rotatable bonds is 2. The highest BCUT2D eigenvalue weighted by molar-refractivity contribution is 9.42. The minimum atomic E-state index is -4.07. The predicted octanol–water partition coefficient (Wildman–Crippen LogP) is 5.37. The summed E-state index contributed by atoms with van der Waals surface area (Å²) in [6, 6.07) is 7.37. The van der Waals surface area contributed by atoms with Gasteiger partial charge in [-0.25, -0.2) is 21.8 Å². The summed E-state index contributed by atoms with van der Waals surface area (Å²) in [5.74, 6) is 0. The van der Waals surface area contributed by atoms with E-state index in [2.05, 4.69) is 101 Å². The zero-order valence-corrected chi connectivity index (χ0v) is 22.2. The van der Waals surface area contributed by atoms with Gasteiger partial charge in [0.2, 0.25) is 22.6 Å². The second-order valence-corrected chi connectivity index (χ2v) is 25.1. The van der Waals surface area contributed by atoms with Gasteiger partial charge in [-0.3, -0.25) is 0 Å². The molecule has 0 N–H and O–H groups in total. The predicted molar refractivity (Wildman–Crippen MR) is 115 cm³/mol. The van der Waals surface area contributed by atoms with Crippen LogP contribution in [0.1, 0.15) is 0 Å². The van der Waals surface area contributed by atoms with E-state index in [0.717, 1.165) is 6.07 Å². The molecule has 0 radical (unpaired) electrons. The van der Waals surface area contributed by atoms with Crippen molar-refractivity contribution in [3.05, 3.63) is 30.3 Å². The molecule has 1 aromatic heterocycles. The highest BCUT2D eigenvalue weighted by Gasteiger charge is 2.42. The lowest BCUT2D eigenvalue weighted by Crippen LogP contribution is -2.22. The first kappa shape index (κ1) is 21.7. The lowest BCUT2D eigenvalue weighted by atomic mass is 10.2. The molecule has 0 unspecified atom stereocenters. The first-order valence-electron chi connectivity index (χ1n) is 5.72. The molecule has 0 amide bonds. The van der Waals surface area contributed by atoms with Gasteiger partial charge in [0.05, 0.1) is 10.4 Å². The maximum atomic E-state index is 12.8. The van der Waals surface area contributed by atoms with Gasteiger partial charge in [0.15, 0.2) is 5.03 Å². The van der Waals surface area contributed by atoms with Gasteiger partial charge in [-0.15, -0.1) is 0 Å². The Morgan fingerprint density at radius 2 is 1.29 bits per heavy atom. The van der Waals surface area contributed by atoms with Gasteiger partial charge < -0.3 is 0 Å². The zero-order chi connectivity index (χ0) is 18.6. The first-order valence-corrected chi connectivity index (χ1v) is 13.4. The van der Waals surface area contributed by atoms with E-state index in [1.54, 1.807) is 18.2 Å². The molecule has 0 spiro atoms. The van der Waals surface area contributed by atoms with Crippen LogP contribution >= 0.6 is 95.6 Å². The lowest BCUT2D eigenvalue weighted by Gasteiger charge is -2.18. The van der Waals surface area contributed by atoms with Crippen LogP contribution in [0.5, 0.6) is 0 Å². The maximum absolute atomic E-state index is 12.8. The second kappa shape index (κ2) is 7.10. The molecular weight excluding hydrogens is 754 g/mol. The number of hydrogen-bond donors (Lipinski definition) is 0. The minimum absolute atomic E-state index is 0.200. The molecule has 0 atom stereocenters. The maximum Gasteiger partial charge on any atom is 0.240 e. The molecular formula is C11H5Br6NO4S2. The monoisotopic (exact) mass is 752 g/mol. The topological polar surface area (TPSA) is 81.2 Å². The molecule has 0 aliphatic heterocycles. The van der Waals surface area contributed by atoms with Gasteiger partial charge in [-0.2, -0.15) is 0 Å². The summed E-state index contributed by atoms with van der Waals surface area (Å²) in [4.78, 5) is 3.88. The number of halogens is 6. The van der Waals surface area contributed by atoms with E-state index >= 15 is 0 Å². The first-order chi connectivity index (χ1) is 10.7. The third-order valence-electron chi connectivity index (χ3n) is 2.83. The lowest BCUT2D eigenvalue weighted by molar-refractivity contribution is 0.594. The van der Waals surface area contributed by atoms with Crippen molar-refractivity contribution in [3.63, 3.8) is 0 Å². The molecule has 132 valence electrons. The van der Waals surface area contributed by atoms with Crippen molar-refractivity contribution in [1.82, 2.24) is 4.98 Å². The Morgan fingerprint density at radius 3 is 1.79 bits per heavy atom. The Labute approximate surface area is 189 Å². The largest absolute Gasteiger partial charge is 0.240 e. The molecule has 0 aliphatic rings. The van der Waals surface area contributed by atoms with Crippen LogP contribution in [-0.4, -0.2) is 24.8 Å². The summed E-state index contributed by atoms with van der Waals surface area (Å²) in [5, 5.41) is -0.120. The third kappa shape index (κ3) is 3.97. The van der Waals surface area contributed by atoms with Crippen LogP contribution in [0, 0.1) is 0 Å². The summed E-state index contributed by atoms with van der Waals surface area (Å²) in [5.41, 5.74) is 0.227. The van der Waals surface area contributed by atoms with Crippen LogP contribution in [0.2, 0.25) is 0 Å². The molecule has 2 aromatic rings. The molecule has 2 rings (SSSR count). The molecule has 0 bridgehead atoms. The van der Waals surface area contributed by atoms with Gasteiger partial charge in [-0.05, 0) is 108 Å². The Bertz CT molecular complexity index is 1010. The van der Waals surface area contributed by atoms with E-state index in [9.17, 15) is 16.8 Å². The van der Waals surface area contributed by atoms with Gasteiger partial charge in [0.25, 0.3) is 0 Å². The summed E-state index contributed by atoms with van der Waals surface area (Å²) in [6.07, 6.45) is 0. The minimum Gasteiger partial charge on any atom is -0.236 e. The van der Waals surface area contributed by atoms with E-state index < -0.39 is 27.7 Å². The molecule has 0 aliphatic carbocycles. The van der Waals surface area contributed by atoms with Crippen molar-refractivity contribution in [3.8, 4) is 0 Å². The Balaban J connectivity index is 2.97. The summed E-state index contributed by atoms with van der Waals surface area (Å²) in [7, 11) is -8.10. The SMILES string of the molecule is O=S(=O)(c1cc(S(=O)(=O)C(Br)(Br)Br)c2ccccc2n1)C(Br)(Br)Br. The highest BCUT2D eigenvalue weighted by atomic mass is 80.0. The summed E-state index contributed by atoms with van der Waals surface area (Å²) < 4.78 is 47.5. The van der Waals surface area contributed by atoms with Crippen LogP contribution in [0.25, 0.3) is 10.9 Å². The van der Waals surface area contributed by atoms with E-state index in [-0.39, 0.29) is 10.4 Å². The molecule has 24 heavy (non-hydrogen) atoms. The number of pyridine rings is 1. The van der Waals surface area contributed by atoms with Crippen molar-refractivity contribution in [2.75, 3.05) is 0 Å². The quantitative estimate of drug-likeness (QED) is 0.385. The highest BCUT2D eigenvalue weighted by Crippen LogP contribution is 2.47. The van der Waals surface area contributed by atoms with Crippen molar-refractivity contribution in [2.45, 2.75) is 12.9 Å². The normalized spacial score (nSPS) is 14.1. The number of fused-ring (bicyclic) bond motifs is 1. The number of sulfone groups is 2.